The number of rotatable bonds is 2. The SMILES string of the molecule is CC(C)(C=O)c1ccc(F)cc1Cl. The first-order valence-electron chi connectivity index (χ1n) is 3.89. The molecule has 0 bridgehead atoms. The summed E-state index contributed by atoms with van der Waals surface area (Å²) in [5.74, 6) is -0.393. The molecule has 0 aliphatic rings. The van der Waals surface area contributed by atoms with Crippen molar-refractivity contribution in [3.05, 3.63) is 34.6 Å². The van der Waals surface area contributed by atoms with E-state index in [1.807, 2.05) is 0 Å². The summed E-state index contributed by atoms with van der Waals surface area (Å²) in [5, 5.41) is 0.289. The van der Waals surface area contributed by atoms with Gasteiger partial charge in [-0.2, -0.15) is 0 Å². The zero-order valence-electron chi connectivity index (χ0n) is 7.47. The molecule has 70 valence electrons. The minimum absolute atomic E-state index is 0.289. The fourth-order valence-electron chi connectivity index (χ4n) is 1.08. The van der Waals surface area contributed by atoms with Gasteiger partial charge in [-0.25, -0.2) is 4.39 Å². The van der Waals surface area contributed by atoms with Crippen LogP contribution in [0.1, 0.15) is 19.4 Å². The molecule has 0 amide bonds. The van der Waals surface area contributed by atoms with Gasteiger partial charge in [0.1, 0.15) is 12.1 Å². The van der Waals surface area contributed by atoms with Gasteiger partial charge in [-0.15, -0.1) is 0 Å². The molecule has 0 heterocycles. The van der Waals surface area contributed by atoms with Gasteiger partial charge >= 0.3 is 0 Å². The Kier molecular flexibility index (Phi) is 2.71. The fourth-order valence-corrected chi connectivity index (χ4v) is 1.49. The molecule has 0 unspecified atom stereocenters. The van der Waals surface area contributed by atoms with Gasteiger partial charge in [0.2, 0.25) is 0 Å². The van der Waals surface area contributed by atoms with Gasteiger partial charge in [0.05, 0.1) is 0 Å². The molecule has 1 aromatic rings. The lowest BCUT2D eigenvalue weighted by Crippen LogP contribution is -2.19. The Balaban J connectivity index is 3.23. The molecule has 0 spiro atoms. The lowest BCUT2D eigenvalue weighted by atomic mass is 9.86. The van der Waals surface area contributed by atoms with Gasteiger partial charge in [-0.1, -0.05) is 17.7 Å². The number of carbonyl (C=O) groups is 1. The van der Waals surface area contributed by atoms with E-state index < -0.39 is 11.2 Å². The van der Waals surface area contributed by atoms with Crippen LogP contribution in [-0.4, -0.2) is 6.29 Å². The van der Waals surface area contributed by atoms with Crippen molar-refractivity contribution in [2.24, 2.45) is 0 Å². The van der Waals surface area contributed by atoms with Crippen LogP contribution in [-0.2, 0) is 10.2 Å². The highest BCUT2D eigenvalue weighted by Gasteiger charge is 2.22. The molecule has 0 N–H and O–H groups in total. The standard InChI is InChI=1S/C10H10ClFO/c1-10(2,6-13)8-4-3-7(12)5-9(8)11/h3-6H,1-2H3. The van der Waals surface area contributed by atoms with Crippen molar-refractivity contribution in [3.63, 3.8) is 0 Å². The third-order valence-corrected chi connectivity index (χ3v) is 2.23. The molecule has 0 fully saturated rings. The Bertz CT molecular complexity index is 334. The highest BCUT2D eigenvalue weighted by atomic mass is 35.5. The molecule has 0 radical (unpaired) electrons. The largest absolute Gasteiger partial charge is 0.302 e. The second-order valence-corrected chi connectivity index (χ2v) is 3.87. The Morgan fingerprint density at radius 2 is 2.08 bits per heavy atom. The van der Waals surface area contributed by atoms with Crippen molar-refractivity contribution in [2.45, 2.75) is 19.3 Å². The molecular weight excluding hydrogens is 191 g/mol. The van der Waals surface area contributed by atoms with E-state index in [1.165, 1.54) is 18.2 Å². The van der Waals surface area contributed by atoms with Gasteiger partial charge in [0, 0.05) is 10.4 Å². The third kappa shape index (κ3) is 2.07. The first-order valence-corrected chi connectivity index (χ1v) is 4.27. The number of hydrogen-bond acceptors (Lipinski definition) is 1. The third-order valence-electron chi connectivity index (χ3n) is 1.92. The molecular formula is C10H10ClFO. The van der Waals surface area contributed by atoms with Crippen molar-refractivity contribution >= 4 is 17.9 Å². The molecule has 0 aliphatic heterocycles. The van der Waals surface area contributed by atoms with E-state index in [0.717, 1.165) is 6.29 Å². The Labute approximate surface area is 81.5 Å². The van der Waals surface area contributed by atoms with Crippen molar-refractivity contribution in [1.82, 2.24) is 0 Å². The van der Waals surface area contributed by atoms with Gasteiger partial charge in [0.15, 0.2) is 0 Å². The molecule has 1 nitrogen and oxygen atoms in total. The van der Waals surface area contributed by atoms with Crippen LogP contribution in [0.2, 0.25) is 5.02 Å². The second-order valence-electron chi connectivity index (χ2n) is 3.46. The van der Waals surface area contributed by atoms with E-state index in [2.05, 4.69) is 0 Å². The molecule has 3 heteroatoms. The van der Waals surface area contributed by atoms with Crippen LogP contribution >= 0.6 is 11.6 Å². The average Bonchev–Trinajstić information content (AvgIpc) is 2.03. The topological polar surface area (TPSA) is 17.1 Å². The predicted molar refractivity (Wildman–Crippen MR) is 50.5 cm³/mol. The van der Waals surface area contributed by atoms with Crippen LogP contribution in [0.3, 0.4) is 0 Å². The van der Waals surface area contributed by atoms with Gasteiger partial charge in [-0.05, 0) is 31.5 Å². The number of halogens is 2. The molecule has 0 saturated carbocycles. The maximum Gasteiger partial charge on any atom is 0.130 e. The van der Waals surface area contributed by atoms with Crippen LogP contribution in [0.5, 0.6) is 0 Å². The molecule has 0 atom stereocenters. The van der Waals surface area contributed by atoms with Gasteiger partial charge < -0.3 is 4.79 Å². The molecule has 0 saturated heterocycles. The normalized spacial score (nSPS) is 11.4. The Morgan fingerprint density at radius 1 is 1.46 bits per heavy atom. The predicted octanol–water partition coefficient (Wildman–Crippen LogP) is 2.96. The van der Waals surface area contributed by atoms with Crippen LogP contribution in [0.15, 0.2) is 18.2 Å². The lowest BCUT2D eigenvalue weighted by Gasteiger charge is -2.18. The molecule has 13 heavy (non-hydrogen) atoms. The van der Waals surface area contributed by atoms with E-state index in [1.54, 1.807) is 13.8 Å². The molecule has 1 aromatic carbocycles. The van der Waals surface area contributed by atoms with Crippen LogP contribution in [0.4, 0.5) is 4.39 Å². The summed E-state index contributed by atoms with van der Waals surface area (Å²) in [4.78, 5) is 10.7. The minimum atomic E-state index is -0.662. The van der Waals surface area contributed by atoms with Crippen LogP contribution in [0, 0.1) is 5.82 Å². The van der Waals surface area contributed by atoms with Crippen molar-refractivity contribution < 1.29 is 9.18 Å². The first kappa shape index (κ1) is 10.2. The van der Waals surface area contributed by atoms with E-state index in [4.69, 9.17) is 11.6 Å². The van der Waals surface area contributed by atoms with E-state index in [0.29, 0.717) is 5.56 Å². The summed E-state index contributed by atoms with van der Waals surface area (Å²) in [5.41, 5.74) is -0.0179. The number of aldehydes is 1. The van der Waals surface area contributed by atoms with Gasteiger partial charge in [0.25, 0.3) is 0 Å². The second kappa shape index (κ2) is 3.46. The quantitative estimate of drug-likeness (QED) is 0.671. The lowest BCUT2D eigenvalue weighted by molar-refractivity contribution is -0.111. The summed E-state index contributed by atoms with van der Waals surface area (Å²) in [6, 6.07) is 4.04. The average molecular weight is 201 g/mol. The monoisotopic (exact) mass is 200 g/mol. The smallest absolute Gasteiger partial charge is 0.130 e. The zero-order valence-corrected chi connectivity index (χ0v) is 8.23. The maximum atomic E-state index is 12.7. The van der Waals surface area contributed by atoms with E-state index in [-0.39, 0.29) is 5.02 Å². The summed E-state index contributed by atoms with van der Waals surface area (Å²) in [7, 11) is 0. The highest BCUT2D eigenvalue weighted by Crippen LogP contribution is 2.28. The number of hydrogen-bond donors (Lipinski definition) is 0. The molecule has 0 aromatic heterocycles. The van der Waals surface area contributed by atoms with Crippen molar-refractivity contribution in [3.8, 4) is 0 Å². The summed E-state index contributed by atoms with van der Waals surface area (Å²) < 4.78 is 12.7. The fraction of sp³-hybridized carbons (Fsp3) is 0.300. The van der Waals surface area contributed by atoms with Crippen LogP contribution in [0.25, 0.3) is 0 Å². The van der Waals surface area contributed by atoms with Crippen molar-refractivity contribution in [2.75, 3.05) is 0 Å². The summed E-state index contributed by atoms with van der Waals surface area (Å²) in [6.07, 6.45) is 0.798. The Hall–Kier alpha value is -0.890. The van der Waals surface area contributed by atoms with Gasteiger partial charge in [-0.3, -0.25) is 0 Å². The number of benzene rings is 1. The van der Waals surface area contributed by atoms with Crippen LogP contribution < -0.4 is 0 Å². The summed E-state index contributed by atoms with van der Waals surface area (Å²) in [6.45, 7) is 3.47. The zero-order chi connectivity index (χ0) is 10.1. The van der Waals surface area contributed by atoms with E-state index >= 15 is 0 Å². The Morgan fingerprint density at radius 3 is 2.54 bits per heavy atom. The molecule has 0 aliphatic carbocycles. The highest BCUT2D eigenvalue weighted by molar-refractivity contribution is 6.31. The minimum Gasteiger partial charge on any atom is -0.302 e. The number of carbonyl (C=O) groups excluding carboxylic acids is 1. The van der Waals surface area contributed by atoms with E-state index in [9.17, 15) is 9.18 Å². The maximum absolute atomic E-state index is 12.7. The van der Waals surface area contributed by atoms with Crippen molar-refractivity contribution in [1.29, 1.82) is 0 Å². The molecule has 1 rings (SSSR count). The summed E-state index contributed by atoms with van der Waals surface area (Å²) >= 11 is 5.79. The first-order chi connectivity index (χ1) is 5.97.